The molecule has 1 fully saturated rings. The number of carbonyl (C=O) groups excluding carboxylic acids is 1. The van der Waals surface area contributed by atoms with Gasteiger partial charge < -0.3 is 5.32 Å². The van der Waals surface area contributed by atoms with Crippen molar-refractivity contribution < 1.29 is 18.0 Å². The number of hydrogen-bond donors (Lipinski definition) is 1. The molecule has 2 aromatic rings. The second-order valence-corrected chi connectivity index (χ2v) is 7.84. The molecule has 1 N–H and O–H groups in total. The van der Waals surface area contributed by atoms with Gasteiger partial charge in [0.15, 0.2) is 5.16 Å². The van der Waals surface area contributed by atoms with Gasteiger partial charge in [-0.15, -0.1) is 0 Å². The lowest BCUT2D eigenvalue weighted by atomic mass is 10.1. The number of benzene rings is 1. The Morgan fingerprint density at radius 1 is 1.19 bits per heavy atom. The first-order chi connectivity index (χ1) is 12.8. The minimum atomic E-state index is -4.59. The van der Waals surface area contributed by atoms with Gasteiger partial charge in [0.1, 0.15) is 5.69 Å². The number of nitrogens with one attached hydrogen (secondary N) is 1. The summed E-state index contributed by atoms with van der Waals surface area (Å²) in [4.78, 5) is 20.2. The van der Waals surface area contributed by atoms with Gasteiger partial charge in [-0.05, 0) is 25.8 Å². The molecule has 1 atom stereocenters. The van der Waals surface area contributed by atoms with Crippen LogP contribution in [0.5, 0.6) is 0 Å². The Morgan fingerprint density at radius 2 is 1.85 bits per heavy atom. The van der Waals surface area contributed by atoms with Crippen LogP contribution in [-0.4, -0.2) is 27.2 Å². The van der Waals surface area contributed by atoms with Gasteiger partial charge in [0.2, 0.25) is 5.91 Å². The highest BCUT2D eigenvalue weighted by Gasteiger charge is 2.34. The molecule has 144 valence electrons. The quantitative estimate of drug-likeness (QED) is 0.589. The zero-order valence-electron chi connectivity index (χ0n) is 14.8. The van der Waals surface area contributed by atoms with E-state index in [2.05, 4.69) is 15.3 Å². The molecular formula is C19H20F3N3OS. The Kier molecular flexibility index (Phi) is 6.04. The van der Waals surface area contributed by atoms with Crippen LogP contribution in [0.3, 0.4) is 0 Å². The molecule has 3 rings (SSSR count). The van der Waals surface area contributed by atoms with Gasteiger partial charge in [-0.1, -0.05) is 54.9 Å². The van der Waals surface area contributed by atoms with Crippen molar-refractivity contribution in [1.29, 1.82) is 0 Å². The molecule has 4 nitrogen and oxygen atoms in total. The second kappa shape index (κ2) is 8.29. The first-order valence-corrected chi connectivity index (χ1v) is 9.69. The molecule has 0 saturated heterocycles. The molecule has 1 heterocycles. The lowest BCUT2D eigenvalue weighted by Gasteiger charge is -2.16. The summed E-state index contributed by atoms with van der Waals surface area (Å²) in [5.41, 5.74) is -0.263. The number of hydrogen-bond acceptors (Lipinski definition) is 4. The summed E-state index contributed by atoms with van der Waals surface area (Å²) in [6, 6.07) is 9.70. The van der Waals surface area contributed by atoms with Crippen molar-refractivity contribution in [1.82, 2.24) is 15.3 Å². The van der Waals surface area contributed by atoms with Crippen molar-refractivity contribution in [3.63, 3.8) is 0 Å². The smallest absolute Gasteiger partial charge is 0.352 e. The average molecular weight is 395 g/mol. The third-order valence-corrected chi connectivity index (χ3v) is 5.38. The van der Waals surface area contributed by atoms with E-state index in [1.165, 1.54) is 0 Å². The number of carbonyl (C=O) groups is 1. The van der Waals surface area contributed by atoms with E-state index in [-0.39, 0.29) is 22.8 Å². The van der Waals surface area contributed by atoms with Crippen LogP contribution in [0.4, 0.5) is 13.2 Å². The highest BCUT2D eigenvalue weighted by Crippen LogP contribution is 2.33. The SMILES string of the molecule is C[C@H](Sc1nc(-c2ccccc2)cc(C(F)(F)F)n1)C(=O)NC1CCCC1. The van der Waals surface area contributed by atoms with Crippen molar-refractivity contribution in [3.8, 4) is 11.3 Å². The molecule has 0 unspecified atom stereocenters. The van der Waals surface area contributed by atoms with E-state index in [9.17, 15) is 18.0 Å². The van der Waals surface area contributed by atoms with Crippen molar-refractivity contribution in [2.24, 2.45) is 0 Å². The van der Waals surface area contributed by atoms with E-state index >= 15 is 0 Å². The van der Waals surface area contributed by atoms with Gasteiger partial charge in [0.25, 0.3) is 0 Å². The molecule has 8 heteroatoms. The van der Waals surface area contributed by atoms with Gasteiger partial charge in [-0.25, -0.2) is 9.97 Å². The fourth-order valence-corrected chi connectivity index (χ4v) is 3.77. The van der Waals surface area contributed by atoms with Crippen LogP contribution in [-0.2, 0) is 11.0 Å². The number of halogens is 3. The zero-order valence-corrected chi connectivity index (χ0v) is 15.6. The largest absolute Gasteiger partial charge is 0.433 e. The maximum atomic E-state index is 13.3. The number of amides is 1. The summed E-state index contributed by atoms with van der Waals surface area (Å²) >= 11 is 0.940. The topological polar surface area (TPSA) is 54.9 Å². The molecule has 0 bridgehead atoms. The minimum Gasteiger partial charge on any atom is -0.352 e. The Hall–Kier alpha value is -2.09. The van der Waals surface area contributed by atoms with Gasteiger partial charge in [-0.2, -0.15) is 13.2 Å². The van der Waals surface area contributed by atoms with Gasteiger partial charge in [0, 0.05) is 11.6 Å². The first kappa shape index (κ1) is 19.7. The summed E-state index contributed by atoms with van der Waals surface area (Å²) in [6.45, 7) is 1.65. The summed E-state index contributed by atoms with van der Waals surface area (Å²) in [5.74, 6) is -0.200. The number of aromatic nitrogens is 2. The maximum Gasteiger partial charge on any atom is 0.433 e. The lowest BCUT2D eigenvalue weighted by molar-refractivity contribution is -0.141. The van der Waals surface area contributed by atoms with E-state index in [1.807, 2.05) is 0 Å². The highest BCUT2D eigenvalue weighted by molar-refractivity contribution is 8.00. The number of nitrogens with zero attached hydrogens (tertiary/aromatic N) is 2. The third kappa shape index (κ3) is 5.22. The molecule has 1 aliphatic carbocycles. The standard InChI is InChI=1S/C19H20F3N3OS/c1-12(17(26)23-14-9-5-6-10-14)27-18-24-15(13-7-3-2-4-8-13)11-16(25-18)19(20,21)22/h2-4,7-8,11-12,14H,5-6,9-10H2,1H3,(H,23,26)/t12-/m0/s1. The van der Waals surface area contributed by atoms with Gasteiger partial charge in [0.05, 0.1) is 10.9 Å². The Labute approximate surface area is 160 Å². The fourth-order valence-electron chi connectivity index (χ4n) is 2.98. The number of alkyl halides is 3. The van der Waals surface area contributed by atoms with Gasteiger partial charge in [-0.3, -0.25) is 4.79 Å². The van der Waals surface area contributed by atoms with E-state index < -0.39 is 17.1 Å². The molecule has 0 spiro atoms. The monoisotopic (exact) mass is 395 g/mol. The summed E-state index contributed by atoms with van der Waals surface area (Å²) in [6.07, 6.45) is -0.521. The third-order valence-electron chi connectivity index (χ3n) is 4.42. The summed E-state index contributed by atoms with van der Waals surface area (Å²) < 4.78 is 39.8. The Bertz CT molecular complexity index is 793. The van der Waals surface area contributed by atoms with Gasteiger partial charge >= 0.3 is 6.18 Å². The maximum absolute atomic E-state index is 13.3. The molecule has 0 radical (unpaired) electrons. The summed E-state index contributed by atoms with van der Waals surface area (Å²) in [7, 11) is 0. The average Bonchev–Trinajstić information content (AvgIpc) is 3.14. The van der Waals surface area contributed by atoms with Crippen LogP contribution in [0.25, 0.3) is 11.3 Å². The molecular weight excluding hydrogens is 375 g/mol. The molecule has 1 aromatic heterocycles. The molecule has 0 aliphatic heterocycles. The highest BCUT2D eigenvalue weighted by atomic mass is 32.2. The van der Waals surface area contributed by atoms with E-state index in [4.69, 9.17) is 0 Å². The van der Waals surface area contributed by atoms with Crippen LogP contribution >= 0.6 is 11.8 Å². The Morgan fingerprint density at radius 3 is 2.48 bits per heavy atom. The molecule has 1 aliphatic rings. The van der Waals surface area contributed by atoms with E-state index in [1.54, 1.807) is 37.3 Å². The van der Waals surface area contributed by atoms with Crippen molar-refractivity contribution >= 4 is 17.7 Å². The van der Waals surface area contributed by atoms with Crippen LogP contribution < -0.4 is 5.32 Å². The van der Waals surface area contributed by atoms with Crippen molar-refractivity contribution in [2.75, 3.05) is 0 Å². The predicted molar refractivity (Wildman–Crippen MR) is 98.2 cm³/mol. The lowest BCUT2D eigenvalue weighted by Crippen LogP contribution is -2.37. The minimum absolute atomic E-state index is 0.0576. The van der Waals surface area contributed by atoms with Crippen LogP contribution in [0.1, 0.15) is 38.3 Å². The van der Waals surface area contributed by atoms with Crippen molar-refractivity contribution in [3.05, 3.63) is 42.1 Å². The fraction of sp³-hybridized carbons (Fsp3) is 0.421. The molecule has 27 heavy (non-hydrogen) atoms. The zero-order chi connectivity index (χ0) is 19.4. The predicted octanol–water partition coefficient (Wildman–Crippen LogP) is 4.70. The molecule has 1 amide bonds. The van der Waals surface area contributed by atoms with Crippen molar-refractivity contribution in [2.45, 2.75) is 55.2 Å². The van der Waals surface area contributed by atoms with Crippen LogP contribution in [0, 0.1) is 0 Å². The Balaban J connectivity index is 1.82. The molecule has 1 saturated carbocycles. The van der Waals surface area contributed by atoms with E-state index in [0.717, 1.165) is 43.5 Å². The number of thioether (sulfide) groups is 1. The second-order valence-electron chi connectivity index (χ2n) is 6.53. The molecule has 1 aromatic carbocycles. The number of rotatable bonds is 5. The normalized spacial score (nSPS) is 16.3. The van der Waals surface area contributed by atoms with E-state index in [0.29, 0.717) is 5.56 Å². The van der Waals surface area contributed by atoms with Crippen LogP contribution in [0.2, 0.25) is 0 Å². The van der Waals surface area contributed by atoms with Crippen LogP contribution in [0.15, 0.2) is 41.6 Å². The summed E-state index contributed by atoms with van der Waals surface area (Å²) in [5, 5.41) is 2.31. The first-order valence-electron chi connectivity index (χ1n) is 8.81.